The first-order valence-electron chi connectivity index (χ1n) is 8.27. The lowest BCUT2D eigenvalue weighted by atomic mass is 10.0. The van der Waals surface area contributed by atoms with E-state index in [-0.39, 0.29) is 35.9 Å². The molecule has 2 aliphatic rings. The maximum absolute atomic E-state index is 12.8. The fraction of sp³-hybridized carbons (Fsp3) is 0.556. The Balaban J connectivity index is 1.67. The van der Waals surface area contributed by atoms with Crippen molar-refractivity contribution in [3.63, 3.8) is 0 Å². The van der Waals surface area contributed by atoms with Crippen LogP contribution in [0.2, 0.25) is 0 Å². The Morgan fingerprint density at radius 2 is 1.96 bits per heavy atom. The van der Waals surface area contributed by atoms with E-state index < -0.39 is 0 Å². The summed E-state index contributed by atoms with van der Waals surface area (Å²) in [6, 6.07) is 9.77. The van der Waals surface area contributed by atoms with Crippen molar-refractivity contribution >= 4 is 11.7 Å². The lowest BCUT2D eigenvalue weighted by Gasteiger charge is -2.38. The number of benzene rings is 1. The number of hydrogen-bond acceptors (Lipinski definition) is 4. The van der Waals surface area contributed by atoms with E-state index in [4.69, 9.17) is 4.74 Å². The largest absolute Gasteiger partial charge is 0.367 e. The number of nitrogens with one attached hydrogen (secondary N) is 1. The van der Waals surface area contributed by atoms with Crippen LogP contribution in [0.1, 0.15) is 31.9 Å². The van der Waals surface area contributed by atoms with Crippen LogP contribution in [0.5, 0.6) is 0 Å². The smallest absolute Gasteiger partial charge is 0.239 e. The number of nitrogens with zero attached hydrogens (tertiary/aromatic N) is 1. The van der Waals surface area contributed by atoms with Crippen LogP contribution in [0.25, 0.3) is 0 Å². The summed E-state index contributed by atoms with van der Waals surface area (Å²) in [5, 5.41) is 3.20. The van der Waals surface area contributed by atoms with Gasteiger partial charge in [0.1, 0.15) is 11.9 Å². The van der Waals surface area contributed by atoms with Crippen molar-refractivity contribution in [2.24, 2.45) is 5.92 Å². The highest BCUT2D eigenvalue weighted by Crippen LogP contribution is 2.26. The second-order valence-corrected chi connectivity index (χ2v) is 6.59. The summed E-state index contributed by atoms with van der Waals surface area (Å²) >= 11 is 0. The molecule has 2 aliphatic heterocycles. The first kappa shape index (κ1) is 16.1. The molecule has 124 valence electrons. The van der Waals surface area contributed by atoms with Gasteiger partial charge in [-0.3, -0.25) is 9.59 Å². The Morgan fingerprint density at radius 1 is 1.22 bits per heavy atom. The maximum atomic E-state index is 12.8. The number of rotatable bonds is 3. The molecule has 23 heavy (non-hydrogen) atoms. The van der Waals surface area contributed by atoms with Crippen molar-refractivity contribution in [3.05, 3.63) is 35.9 Å². The number of hydrogen-bond donors (Lipinski definition) is 1. The lowest BCUT2D eigenvalue weighted by Crippen LogP contribution is -2.51. The van der Waals surface area contributed by atoms with Gasteiger partial charge in [0.2, 0.25) is 5.91 Å². The van der Waals surface area contributed by atoms with Crippen molar-refractivity contribution in [1.29, 1.82) is 0 Å². The summed E-state index contributed by atoms with van der Waals surface area (Å²) in [7, 11) is 0. The first-order chi connectivity index (χ1) is 11.0. The number of ether oxygens (including phenoxy) is 1. The molecule has 0 aromatic heterocycles. The quantitative estimate of drug-likeness (QED) is 0.919. The molecule has 1 N–H and O–H groups in total. The number of carbonyl (C=O) groups is 2. The zero-order valence-electron chi connectivity index (χ0n) is 13.7. The molecule has 0 radical (unpaired) electrons. The standard InChI is InChI=1S/C18H24N2O3/c1-12-10-20(11-17(23-12)14-6-4-3-5-7-14)18(22)16-8-15(9-19-16)13(2)21/h3-7,12,15-17,19H,8-11H2,1-2H3. The predicted molar refractivity (Wildman–Crippen MR) is 86.9 cm³/mol. The minimum absolute atomic E-state index is 0.00270. The van der Waals surface area contributed by atoms with E-state index >= 15 is 0 Å². The molecule has 4 atom stereocenters. The Morgan fingerprint density at radius 3 is 2.61 bits per heavy atom. The minimum atomic E-state index is -0.245. The van der Waals surface area contributed by atoms with Gasteiger partial charge >= 0.3 is 0 Å². The van der Waals surface area contributed by atoms with Gasteiger partial charge in [-0.2, -0.15) is 0 Å². The van der Waals surface area contributed by atoms with Gasteiger partial charge in [-0.15, -0.1) is 0 Å². The molecule has 0 saturated carbocycles. The number of morpholine rings is 1. The molecular formula is C18H24N2O3. The van der Waals surface area contributed by atoms with Crippen LogP contribution in [-0.2, 0) is 14.3 Å². The second kappa shape index (κ2) is 6.81. The van der Waals surface area contributed by atoms with Gasteiger partial charge in [0.25, 0.3) is 0 Å². The SMILES string of the molecule is CC(=O)C1CNC(C(=O)N2CC(C)OC(c3ccccc3)C2)C1. The van der Waals surface area contributed by atoms with Gasteiger partial charge in [0, 0.05) is 19.0 Å². The van der Waals surface area contributed by atoms with Crippen LogP contribution in [-0.4, -0.2) is 48.4 Å². The normalized spacial score (nSPS) is 31.1. The highest BCUT2D eigenvalue weighted by atomic mass is 16.5. The molecule has 0 bridgehead atoms. The molecule has 4 unspecified atom stereocenters. The van der Waals surface area contributed by atoms with Crippen LogP contribution in [0.4, 0.5) is 0 Å². The van der Waals surface area contributed by atoms with Crippen LogP contribution in [0.15, 0.2) is 30.3 Å². The van der Waals surface area contributed by atoms with Crippen LogP contribution < -0.4 is 5.32 Å². The number of carbonyl (C=O) groups excluding carboxylic acids is 2. The predicted octanol–water partition coefficient (Wildman–Crippen LogP) is 1.54. The van der Waals surface area contributed by atoms with Gasteiger partial charge in [0.15, 0.2) is 0 Å². The van der Waals surface area contributed by atoms with E-state index in [1.807, 2.05) is 42.2 Å². The summed E-state index contributed by atoms with van der Waals surface area (Å²) in [4.78, 5) is 26.2. The van der Waals surface area contributed by atoms with Crippen molar-refractivity contribution < 1.29 is 14.3 Å². The second-order valence-electron chi connectivity index (χ2n) is 6.59. The van der Waals surface area contributed by atoms with E-state index in [0.717, 1.165) is 5.56 Å². The van der Waals surface area contributed by atoms with E-state index in [1.165, 1.54) is 0 Å². The molecule has 2 fully saturated rings. The molecule has 1 amide bonds. The third kappa shape index (κ3) is 3.62. The Kier molecular flexibility index (Phi) is 4.78. The average molecular weight is 316 g/mol. The topological polar surface area (TPSA) is 58.6 Å². The molecule has 2 saturated heterocycles. The molecule has 2 heterocycles. The molecule has 0 spiro atoms. The number of ketones is 1. The summed E-state index contributed by atoms with van der Waals surface area (Å²) in [5.74, 6) is 0.211. The monoisotopic (exact) mass is 316 g/mol. The molecular weight excluding hydrogens is 292 g/mol. The van der Waals surface area contributed by atoms with E-state index in [1.54, 1.807) is 6.92 Å². The Bertz CT molecular complexity index is 575. The van der Waals surface area contributed by atoms with Gasteiger partial charge in [-0.05, 0) is 25.8 Å². The van der Waals surface area contributed by atoms with Crippen molar-refractivity contribution in [2.45, 2.75) is 38.5 Å². The maximum Gasteiger partial charge on any atom is 0.239 e. The van der Waals surface area contributed by atoms with Crippen LogP contribution in [0.3, 0.4) is 0 Å². The van der Waals surface area contributed by atoms with Crippen molar-refractivity contribution in [2.75, 3.05) is 19.6 Å². The minimum Gasteiger partial charge on any atom is -0.367 e. The lowest BCUT2D eigenvalue weighted by molar-refractivity contribution is -0.146. The average Bonchev–Trinajstić information content (AvgIpc) is 3.04. The van der Waals surface area contributed by atoms with E-state index in [2.05, 4.69) is 5.32 Å². The van der Waals surface area contributed by atoms with E-state index in [0.29, 0.717) is 26.1 Å². The van der Waals surface area contributed by atoms with E-state index in [9.17, 15) is 9.59 Å². The summed E-state index contributed by atoms with van der Waals surface area (Å²) in [6.07, 6.45) is 0.521. The van der Waals surface area contributed by atoms with Gasteiger partial charge in [-0.1, -0.05) is 30.3 Å². The summed E-state index contributed by atoms with van der Waals surface area (Å²) < 4.78 is 6.01. The number of amides is 1. The molecule has 5 heteroatoms. The van der Waals surface area contributed by atoms with Crippen molar-refractivity contribution in [1.82, 2.24) is 10.2 Å². The van der Waals surface area contributed by atoms with Crippen LogP contribution >= 0.6 is 0 Å². The third-order valence-electron chi connectivity index (χ3n) is 4.75. The van der Waals surface area contributed by atoms with Gasteiger partial charge in [-0.25, -0.2) is 0 Å². The van der Waals surface area contributed by atoms with Crippen LogP contribution in [0, 0.1) is 5.92 Å². The fourth-order valence-corrected chi connectivity index (χ4v) is 3.44. The Hall–Kier alpha value is -1.72. The third-order valence-corrected chi connectivity index (χ3v) is 4.75. The highest BCUT2D eigenvalue weighted by molar-refractivity contribution is 5.85. The molecule has 5 nitrogen and oxygen atoms in total. The highest BCUT2D eigenvalue weighted by Gasteiger charge is 2.37. The fourth-order valence-electron chi connectivity index (χ4n) is 3.44. The molecule has 3 rings (SSSR count). The number of Topliss-reactive ketones (excluding diaryl/α,β-unsaturated/α-hetero) is 1. The molecule has 1 aromatic rings. The first-order valence-corrected chi connectivity index (χ1v) is 8.27. The summed E-state index contributed by atoms with van der Waals surface area (Å²) in [6.45, 7) is 5.37. The Labute approximate surface area is 137 Å². The van der Waals surface area contributed by atoms with Crippen molar-refractivity contribution in [3.8, 4) is 0 Å². The molecule has 0 aliphatic carbocycles. The van der Waals surface area contributed by atoms with Gasteiger partial charge in [0.05, 0.1) is 18.7 Å². The van der Waals surface area contributed by atoms with Gasteiger partial charge < -0.3 is 15.0 Å². The zero-order chi connectivity index (χ0) is 16.4. The zero-order valence-corrected chi connectivity index (χ0v) is 13.7. The summed E-state index contributed by atoms with van der Waals surface area (Å²) in [5.41, 5.74) is 1.10. The molecule has 1 aromatic carbocycles.